The first-order valence-electron chi connectivity index (χ1n) is 10.5. The first-order chi connectivity index (χ1) is 17.7. The molecule has 0 saturated carbocycles. The average Bonchev–Trinajstić information content (AvgIpc) is 2.88. The van der Waals surface area contributed by atoms with Gasteiger partial charge in [-0.05, 0) is 36.8 Å². The fraction of sp³-hybridized carbons (Fsp3) is 0.217. The van der Waals surface area contributed by atoms with Crippen LogP contribution in [-0.4, -0.2) is 46.5 Å². The van der Waals surface area contributed by atoms with Gasteiger partial charge in [-0.25, -0.2) is 19.5 Å². The van der Waals surface area contributed by atoms with Crippen LogP contribution in [0.25, 0.3) is 0 Å². The molecule has 0 saturated heterocycles. The number of hydrogen-bond acceptors (Lipinski definition) is 11. The van der Waals surface area contributed by atoms with Crippen molar-refractivity contribution in [2.45, 2.75) is 19.4 Å². The molecule has 1 heterocycles. The van der Waals surface area contributed by atoms with Gasteiger partial charge in [-0.3, -0.25) is 20.2 Å². The Balaban J connectivity index is 2.06. The number of amidine groups is 1. The number of ether oxygens (including phenoxy) is 3. The van der Waals surface area contributed by atoms with E-state index in [1.807, 2.05) is 6.07 Å². The maximum Gasteiger partial charge on any atom is 0.424 e. The fourth-order valence-corrected chi connectivity index (χ4v) is 3.43. The van der Waals surface area contributed by atoms with Gasteiger partial charge in [0.05, 0.1) is 40.7 Å². The number of hydrogen-bond donors (Lipinski definition) is 0. The van der Waals surface area contributed by atoms with Gasteiger partial charge in [0.25, 0.3) is 11.4 Å². The second kappa shape index (κ2) is 11.4. The lowest BCUT2D eigenvalue weighted by molar-refractivity contribution is -0.385. The van der Waals surface area contributed by atoms with Gasteiger partial charge in [-0.1, -0.05) is 0 Å². The highest BCUT2D eigenvalue weighted by Crippen LogP contribution is 2.37. The molecule has 0 bridgehead atoms. The number of nitrogens with zero attached hydrogens (tertiary/aromatic N) is 5. The van der Waals surface area contributed by atoms with Gasteiger partial charge in [-0.15, -0.1) is 0 Å². The van der Waals surface area contributed by atoms with Crippen molar-refractivity contribution in [2.75, 3.05) is 13.7 Å². The Bertz CT molecular complexity index is 1330. The summed E-state index contributed by atoms with van der Waals surface area (Å²) in [6.07, 6.45) is -1.13. The summed E-state index contributed by atoms with van der Waals surface area (Å²) < 4.78 is 15.8. The Labute approximate surface area is 209 Å². The highest BCUT2D eigenvalue weighted by Gasteiger charge is 2.42. The first kappa shape index (κ1) is 26.3. The average molecular weight is 509 g/mol. The topological polar surface area (TPSA) is 188 Å². The maximum absolute atomic E-state index is 13.3. The van der Waals surface area contributed by atoms with Crippen LogP contribution in [-0.2, 0) is 14.3 Å². The van der Waals surface area contributed by atoms with Crippen LogP contribution in [0.5, 0.6) is 5.75 Å². The molecule has 1 unspecified atom stereocenters. The molecule has 0 spiro atoms. The van der Waals surface area contributed by atoms with Gasteiger partial charge < -0.3 is 14.2 Å². The predicted octanol–water partition coefficient (Wildman–Crippen LogP) is 3.79. The Morgan fingerprint density at radius 2 is 1.62 bits per heavy atom. The number of benzene rings is 2. The van der Waals surface area contributed by atoms with E-state index >= 15 is 0 Å². The Morgan fingerprint density at radius 1 is 1.05 bits per heavy atom. The molecule has 0 aliphatic carbocycles. The van der Waals surface area contributed by atoms with Crippen LogP contribution in [0.15, 0.2) is 64.8 Å². The van der Waals surface area contributed by atoms with Gasteiger partial charge in [-0.2, -0.15) is 5.26 Å². The van der Waals surface area contributed by atoms with E-state index < -0.39 is 28.0 Å². The zero-order valence-corrected chi connectivity index (χ0v) is 19.5. The molecule has 14 heteroatoms. The van der Waals surface area contributed by atoms with Crippen molar-refractivity contribution >= 4 is 29.5 Å². The Kier molecular flexibility index (Phi) is 8.10. The monoisotopic (exact) mass is 509 g/mol. The Morgan fingerprint density at radius 3 is 2.14 bits per heavy atom. The van der Waals surface area contributed by atoms with Crippen LogP contribution in [0.1, 0.15) is 24.9 Å². The molecule has 0 fully saturated rings. The van der Waals surface area contributed by atoms with E-state index in [1.54, 1.807) is 0 Å². The number of nitro groups is 2. The van der Waals surface area contributed by atoms with Crippen molar-refractivity contribution in [3.05, 3.63) is 85.6 Å². The lowest BCUT2D eigenvalue weighted by atomic mass is 9.94. The number of allylic oxidation sites excluding steroid dienone is 1. The summed E-state index contributed by atoms with van der Waals surface area (Å²) in [6, 6.07) is 10.1. The van der Waals surface area contributed by atoms with E-state index in [-0.39, 0.29) is 53.0 Å². The van der Waals surface area contributed by atoms with Gasteiger partial charge in [0.15, 0.2) is 0 Å². The highest BCUT2D eigenvalue weighted by atomic mass is 16.6. The normalized spacial score (nSPS) is 14.8. The molecule has 14 nitrogen and oxygen atoms in total. The third-order valence-electron chi connectivity index (χ3n) is 5.11. The molecule has 3 rings (SSSR count). The van der Waals surface area contributed by atoms with Crippen LogP contribution in [0.4, 0.5) is 16.2 Å². The number of rotatable bonds is 7. The second-order valence-corrected chi connectivity index (χ2v) is 7.38. The van der Waals surface area contributed by atoms with Crippen molar-refractivity contribution in [1.82, 2.24) is 4.90 Å². The molecule has 0 aromatic heterocycles. The first-order valence-corrected chi connectivity index (χ1v) is 10.5. The maximum atomic E-state index is 13.3. The molecular weight excluding hydrogens is 490 g/mol. The molecule has 37 heavy (non-hydrogen) atoms. The van der Waals surface area contributed by atoms with Gasteiger partial charge in [0.2, 0.25) is 0 Å². The van der Waals surface area contributed by atoms with E-state index in [1.165, 1.54) is 50.4 Å². The van der Waals surface area contributed by atoms with Crippen LogP contribution < -0.4 is 4.74 Å². The molecule has 2 aromatic carbocycles. The van der Waals surface area contributed by atoms with E-state index in [4.69, 9.17) is 19.5 Å². The minimum Gasteiger partial charge on any atom is -0.468 e. The molecular formula is C23H19N5O9. The van der Waals surface area contributed by atoms with Crippen molar-refractivity contribution in [3.63, 3.8) is 0 Å². The summed E-state index contributed by atoms with van der Waals surface area (Å²) in [7, 11) is 1.24. The molecule has 0 N–H and O–H groups in total. The predicted molar refractivity (Wildman–Crippen MR) is 125 cm³/mol. The number of nitro benzene ring substituents is 2. The van der Waals surface area contributed by atoms with Crippen LogP contribution in [0.3, 0.4) is 0 Å². The molecule has 1 aliphatic heterocycles. The summed E-state index contributed by atoms with van der Waals surface area (Å²) in [4.78, 5) is 52.2. The third-order valence-corrected chi connectivity index (χ3v) is 5.11. The fourth-order valence-electron chi connectivity index (χ4n) is 3.43. The van der Waals surface area contributed by atoms with Crippen molar-refractivity contribution in [3.8, 4) is 11.8 Å². The molecule has 1 atom stereocenters. The lowest BCUT2D eigenvalue weighted by Crippen LogP contribution is -2.46. The molecule has 1 amide bonds. The summed E-state index contributed by atoms with van der Waals surface area (Å²) in [6.45, 7) is 1.27. The number of methoxy groups -OCH3 is 1. The molecule has 190 valence electrons. The lowest BCUT2D eigenvalue weighted by Gasteiger charge is -2.34. The number of carbonyl (C=O) groups excluding carboxylic acids is 2. The summed E-state index contributed by atoms with van der Waals surface area (Å²) in [5.74, 6) is -0.916. The number of amides is 1. The Hall–Kier alpha value is -5.32. The number of esters is 1. The largest absolute Gasteiger partial charge is 0.468 e. The van der Waals surface area contributed by atoms with Gasteiger partial charge >= 0.3 is 18.1 Å². The zero-order chi connectivity index (χ0) is 27.1. The second-order valence-electron chi connectivity index (χ2n) is 7.38. The van der Waals surface area contributed by atoms with Crippen molar-refractivity contribution < 1.29 is 33.6 Å². The van der Waals surface area contributed by atoms with Crippen LogP contribution in [0.2, 0.25) is 0 Å². The number of nitriles is 1. The molecule has 0 radical (unpaired) electrons. The van der Waals surface area contributed by atoms with E-state index in [9.17, 15) is 29.8 Å². The summed E-state index contributed by atoms with van der Waals surface area (Å²) in [5, 5.41) is 30.8. The minimum absolute atomic E-state index is 0.0436. The number of non-ortho nitro benzene ring substituents is 2. The quantitative estimate of drug-likeness (QED) is 0.230. The molecule has 1 aliphatic rings. The number of carbonyl (C=O) groups is 2. The molecule has 2 aromatic rings. The summed E-state index contributed by atoms with van der Waals surface area (Å²) in [5.41, 5.74) is -0.127. The van der Waals surface area contributed by atoms with E-state index in [0.29, 0.717) is 0 Å². The van der Waals surface area contributed by atoms with Crippen molar-refractivity contribution in [1.29, 1.82) is 5.26 Å². The summed E-state index contributed by atoms with van der Waals surface area (Å²) >= 11 is 0. The number of aliphatic imine (C=N–C) groups is 1. The SMILES string of the molecule is COC1=NC(C)=C(C(=O)OCCC#N)C(c2ccc([N+](=O)[O-])cc2)N1C(=O)Oc1ccc([N+](=O)[O-])cc1. The van der Waals surface area contributed by atoms with Gasteiger partial charge in [0, 0.05) is 24.3 Å². The van der Waals surface area contributed by atoms with Crippen molar-refractivity contribution in [2.24, 2.45) is 4.99 Å². The van der Waals surface area contributed by atoms with E-state index in [0.717, 1.165) is 17.0 Å². The van der Waals surface area contributed by atoms with E-state index in [2.05, 4.69) is 4.99 Å². The zero-order valence-electron chi connectivity index (χ0n) is 19.5. The van der Waals surface area contributed by atoms with Crippen LogP contribution in [0, 0.1) is 31.6 Å². The smallest absolute Gasteiger partial charge is 0.424 e. The third kappa shape index (κ3) is 5.85. The minimum atomic E-state index is -1.24. The van der Waals surface area contributed by atoms with Gasteiger partial charge in [0.1, 0.15) is 18.4 Å². The standard InChI is InChI=1S/C23H19N5O9/c1-14-19(21(29)36-13-3-12-24)20(15-4-6-16(7-5-15)27(31)32)26(22(25-14)35-2)23(30)37-18-10-8-17(9-11-18)28(33)34/h4-11,20H,3,13H2,1-2H3. The highest BCUT2D eigenvalue weighted by molar-refractivity contribution is 6.00. The van der Waals surface area contributed by atoms with Crippen LogP contribution >= 0.6 is 0 Å².